The molecule has 0 saturated heterocycles. The van der Waals surface area contributed by atoms with Gasteiger partial charge in [-0.3, -0.25) is 4.79 Å². The van der Waals surface area contributed by atoms with Gasteiger partial charge in [0.2, 0.25) is 5.91 Å². The number of carbonyl (C=O) groups excluding carboxylic acids is 1. The van der Waals surface area contributed by atoms with E-state index in [0.717, 1.165) is 16.8 Å². The van der Waals surface area contributed by atoms with Crippen molar-refractivity contribution in [2.24, 2.45) is 0 Å². The summed E-state index contributed by atoms with van der Waals surface area (Å²) in [4.78, 5) is 14.1. The number of hydrogen-bond acceptors (Lipinski definition) is 4. The third kappa shape index (κ3) is 5.18. The minimum Gasteiger partial charge on any atom is -0.457 e. The van der Waals surface area contributed by atoms with Crippen LogP contribution in [0.5, 0.6) is 0 Å². The van der Waals surface area contributed by atoms with Crippen LogP contribution in [0.1, 0.15) is 31.1 Å². The van der Waals surface area contributed by atoms with Gasteiger partial charge in [-0.15, -0.1) is 10.2 Å². The molecule has 0 aliphatic rings. The number of nitrogens with one attached hydrogen (secondary N) is 1. The zero-order chi connectivity index (χ0) is 24.4. The fourth-order valence-corrected chi connectivity index (χ4v) is 3.78. The summed E-state index contributed by atoms with van der Waals surface area (Å²) >= 11 is 5.94. The molecule has 1 amide bonds. The average Bonchev–Trinajstić information content (AvgIpc) is 3.50. The van der Waals surface area contributed by atoms with E-state index in [2.05, 4.69) is 41.5 Å². The average molecular weight is 483 g/mol. The van der Waals surface area contributed by atoms with E-state index in [4.69, 9.17) is 16.0 Å². The molecule has 6 nitrogen and oxygen atoms in total. The van der Waals surface area contributed by atoms with Gasteiger partial charge in [0.15, 0.2) is 0 Å². The van der Waals surface area contributed by atoms with Crippen LogP contribution < -0.4 is 5.32 Å². The van der Waals surface area contributed by atoms with Crippen molar-refractivity contribution in [1.82, 2.24) is 15.0 Å². The standard InChI is InChI=1S/C28H23ClN4O2/c1-18(2)19-5-10-23(11-6-19)33-31-25-14-9-22(17-26(25)32-33)30-28(34)16-13-24-12-15-27(35-24)20-3-7-21(29)8-4-20/h3-18H,1-2H3,(H,30,34)/b16-13+. The normalized spacial score (nSPS) is 11.5. The van der Waals surface area contributed by atoms with E-state index in [1.54, 1.807) is 35.1 Å². The molecular formula is C28H23ClN4O2. The Labute approximate surface area is 207 Å². The van der Waals surface area contributed by atoms with Gasteiger partial charge in [-0.2, -0.15) is 4.80 Å². The summed E-state index contributed by atoms with van der Waals surface area (Å²) in [7, 11) is 0. The predicted molar refractivity (Wildman–Crippen MR) is 140 cm³/mol. The summed E-state index contributed by atoms with van der Waals surface area (Å²) in [5, 5.41) is 12.6. The van der Waals surface area contributed by atoms with Gasteiger partial charge in [-0.25, -0.2) is 0 Å². The van der Waals surface area contributed by atoms with Gasteiger partial charge >= 0.3 is 0 Å². The quantitative estimate of drug-likeness (QED) is 0.262. The van der Waals surface area contributed by atoms with Crippen LogP contribution in [0, 0.1) is 0 Å². The van der Waals surface area contributed by atoms with Crippen molar-refractivity contribution in [1.29, 1.82) is 0 Å². The van der Waals surface area contributed by atoms with Crippen LogP contribution in [0.4, 0.5) is 5.69 Å². The molecule has 0 radical (unpaired) electrons. The largest absolute Gasteiger partial charge is 0.457 e. The highest BCUT2D eigenvalue weighted by molar-refractivity contribution is 6.30. The maximum absolute atomic E-state index is 12.5. The van der Waals surface area contributed by atoms with Crippen LogP contribution in [0.25, 0.3) is 34.1 Å². The molecule has 1 N–H and O–H groups in total. The van der Waals surface area contributed by atoms with Gasteiger partial charge in [0.25, 0.3) is 0 Å². The maximum Gasteiger partial charge on any atom is 0.248 e. The maximum atomic E-state index is 12.5. The van der Waals surface area contributed by atoms with Crippen LogP contribution in [0.3, 0.4) is 0 Å². The Hall–Kier alpha value is -4.16. The first-order chi connectivity index (χ1) is 16.9. The topological polar surface area (TPSA) is 73.0 Å². The number of hydrogen-bond donors (Lipinski definition) is 1. The van der Waals surface area contributed by atoms with Gasteiger partial charge in [0, 0.05) is 22.3 Å². The molecule has 0 saturated carbocycles. The smallest absolute Gasteiger partial charge is 0.248 e. The van der Waals surface area contributed by atoms with Crippen LogP contribution in [0.2, 0.25) is 5.02 Å². The number of amides is 1. The van der Waals surface area contributed by atoms with Gasteiger partial charge in [-0.1, -0.05) is 37.6 Å². The van der Waals surface area contributed by atoms with Crippen molar-refractivity contribution in [2.45, 2.75) is 19.8 Å². The first kappa shape index (κ1) is 22.6. The molecule has 0 fully saturated rings. The number of halogens is 1. The molecule has 0 spiro atoms. The van der Waals surface area contributed by atoms with E-state index in [-0.39, 0.29) is 5.91 Å². The summed E-state index contributed by atoms with van der Waals surface area (Å²) < 4.78 is 5.80. The number of rotatable bonds is 6. The van der Waals surface area contributed by atoms with Gasteiger partial charge < -0.3 is 9.73 Å². The van der Waals surface area contributed by atoms with Crippen molar-refractivity contribution in [2.75, 3.05) is 5.32 Å². The zero-order valence-corrected chi connectivity index (χ0v) is 20.0. The van der Waals surface area contributed by atoms with Crippen LogP contribution in [-0.4, -0.2) is 20.9 Å². The first-order valence-electron chi connectivity index (χ1n) is 11.3. The highest BCUT2D eigenvalue weighted by Crippen LogP contribution is 2.24. The van der Waals surface area contributed by atoms with Crippen molar-refractivity contribution >= 4 is 40.3 Å². The monoisotopic (exact) mass is 482 g/mol. The van der Waals surface area contributed by atoms with E-state index in [9.17, 15) is 4.79 Å². The lowest BCUT2D eigenvalue weighted by Gasteiger charge is -2.05. The molecule has 0 atom stereocenters. The Bertz CT molecular complexity index is 1510. The number of benzene rings is 3. The molecule has 3 aromatic carbocycles. The highest BCUT2D eigenvalue weighted by atomic mass is 35.5. The Kier molecular flexibility index (Phi) is 6.21. The lowest BCUT2D eigenvalue weighted by Crippen LogP contribution is -2.07. The molecular weight excluding hydrogens is 460 g/mol. The van der Waals surface area contributed by atoms with E-state index >= 15 is 0 Å². The summed E-state index contributed by atoms with van der Waals surface area (Å²) in [6, 6.07) is 24.7. The molecule has 7 heteroatoms. The van der Waals surface area contributed by atoms with Gasteiger partial charge in [0.1, 0.15) is 22.6 Å². The number of anilines is 1. The second-order valence-corrected chi connectivity index (χ2v) is 8.91. The van der Waals surface area contributed by atoms with Gasteiger partial charge in [0.05, 0.1) is 5.69 Å². The Morgan fingerprint density at radius 2 is 1.69 bits per heavy atom. The fraction of sp³-hybridized carbons (Fsp3) is 0.107. The molecule has 0 aliphatic heterocycles. The fourth-order valence-electron chi connectivity index (χ4n) is 3.65. The minimum absolute atomic E-state index is 0.273. The van der Waals surface area contributed by atoms with Crippen LogP contribution in [-0.2, 0) is 4.79 Å². The molecule has 2 heterocycles. The van der Waals surface area contributed by atoms with Crippen molar-refractivity contribution in [3.63, 3.8) is 0 Å². The predicted octanol–water partition coefficient (Wildman–Crippen LogP) is 7.11. The second-order valence-electron chi connectivity index (χ2n) is 8.47. The highest BCUT2D eigenvalue weighted by Gasteiger charge is 2.08. The number of aromatic nitrogens is 3. The molecule has 35 heavy (non-hydrogen) atoms. The Balaban J connectivity index is 1.26. The Morgan fingerprint density at radius 3 is 2.43 bits per heavy atom. The number of carbonyl (C=O) groups is 1. The van der Waals surface area contributed by atoms with Crippen LogP contribution >= 0.6 is 11.6 Å². The van der Waals surface area contributed by atoms with E-state index in [0.29, 0.717) is 33.7 Å². The Morgan fingerprint density at radius 1 is 0.943 bits per heavy atom. The SMILES string of the molecule is CC(C)c1ccc(-n2nc3ccc(NC(=O)/C=C/c4ccc(-c5ccc(Cl)cc5)o4)cc3n2)cc1. The van der Waals surface area contributed by atoms with E-state index < -0.39 is 0 Å². The minimum atomic E-state index is -0.273. The van der Waals surface area contributed by atoms with E-state index in [1.165, 1.54) is 11.6 Å². The molecule has 0 unspecified atom stereocenters. The number of nitrogens with zero attached hydrogens (tertiary/aromatic N) is 3. The third-order valence-corrected chi connectivity index (χ3v) is 5.85. The molecule has 5 aromatic rings. The molecule has 0 aliphatic carbocycles. The third-order valence-electron chi connectivity index (χ3n) is 5.59. The van der Waals surface area contributed by atoms with Gasteiger partial charge in [-0.05, 0) is 84.3 Å². The molecule has 174 valence electrons. The van der Waals surface area contributed by atoms with Crippen molar-refractivity contribution in [3.8, 4) is 17.0 Å². The number of fused-ring (bicyclic) bond motifs is 1. The second kappa shape index (κ2) is 9.60. The zero-order valence-electron chi connectivity index (χ0n) is 19.3. The summed E-state index contributed by atoms with van der Waals surface area (Å²) in [6.45, 7) is 4.32. The summed E-state index contributed by atoms with van der Waals surface area (Å²) in [5.41, 5.74) is 5.14. The lowest BCUT2D eigenvalue weighted by molar-refractivity contribution is -0.111. The summed E-state index contributed by atoms with van der Waals surface area (Å²) in [6.07, 6.45) is 3.06. The van der Waals surface area contributed by atoms with Crippen LogP contribution in [0.15, 0.2) is 89.4 Å². The van der Waals surface area contributed by atoms with E-state index in [1.807, 2.05) is 42.5 Å². The first-order valence-corrected chi connectivity index (χ1v) is 11.6. The molecule has 5 rings (SSSR count). The lowest BCUT2D eigenvalue weighted by atomic mass is 10.0. The molecule has 2 aromatic heterocycles. The van der Waals surface area contributed by atoms with Crippen molar-refractivity contribution in [3.05, 3.63) is 101 Å². The molecule has 0 bridgehead atoms. The summed E-state index contributed by atoms with van der Waals surface area (Å²) in [5.74, 6) is 1.47. The number of furan rings is 1. The van der Waals surface area contributed by atoms with Crippen molar-refractivity contribution < 1.29 is 9.21 Å².